The maximum Gasteiger partial charge on any atom is 0.228 e. The minimum absolute atomic E-state index is 0.0817. The molecule has 0 saturated carbocycles. The maximum atomic E-state index is 12.8. The highest BCUT2D eigenvalue weighted by atomic mass is 16.5. The van der Waals surface area contributed by atoms with E-state index in [4.69, 9.17) is 14.2 Å². The normalized spacial score (nSPS) is 10.8. The van der Waals surface area contributed by atoms with Crippen molar-refractivity contribution in [1.29, 1.82) is 0 Å². The molecule has 6 nitrogen and oxygen atoms in total. The molecule has 3 aromatic rings. The summed E-state index contributed by atoms with van der Waals surface area (Å²) in [6.45, 7) is 4.08. The van der Waals surface area contributed by atoms with Crippen LogP contribution >= 0.6 is 0 Å². The summed E-state index contributed by atoms with van der Waals surface area (Å²) in [5, 5.41) is 3.89. The number of aromatic amines is 1. The summed E-state index contributed by atoms with van der Waals surface area (Å²) in [5.41, 5.74) is 4.72. The SMILES string of the molecule is CCc1cccc(C)c1NC(=O)Cc1c[nH]c2cc(OC)c(OC)c(OC)c12. The first-order valence-corrected chi connectivity index (χ1v) is 9.21. The van der Waals surface area contributed by atoms with Crippen LogP contribution in [-0.4, -0.2) is 32.2 Å². The minimum atomic E-state index is -0.0817. The fourth-order valence-corrected chi connectivity index (χ4v) is 3.52. The van der Waals surface area contributed by atoms with Gasteiger partial charge < -0.3 is 24.5 Å². The molecule has 0 aliphatic carbocycles. The number of hydrogen-bond donors (Lipinski definition) is 2. The van der Waals surface area contributed by atoms with Crippen LogP contribution in [0.1, 0.15) is 23.6 Å². The number of fused-ring (bicyclic) bond motifs is 1. The van der Waals surface area contributed by atoms with Crippen molar-refractivity contribution >= 4 is 22.5 Å². The molecular formula is C22H26N2O4. The highest BCUT2D eigenvalue weighted by Crippen LogP contribution is 2.44. The second kappa shape index (κ2) is 8.25. The molecule has 0 radical (unpaired) electrons. The minimum Gasteiger partial charge on any atom is -0.493 e. The number of carbonyl (C=O) groups is 1. The van der Waals surface area contributed by atoms with Crippen LogP contribution in [0.3, 0.4) is 0 Å². The van der Waals surface area contributed by atoms with Crippen LogP contribution in [-0.2, 0) is 17.6 Å². The summed E-state index contributed by atoms with van der Waals surface area (Å²) in [6.07, 6.45) is 2.89. The first-order valence-electron chi connectivity index (χ1n) is 9.21. The van der Waals surface area contributed by atoms with E-state index in [1.807, 2.05) is 37.4 Å². The van der Waals surface area contributed by atoms with Gasteiger partial charge in [0, 0.05) is 23.3 Å². The van der Waals surface area contributed by atoms with Gasteiger partial charge in [0.1, 0.15) is 0 Å². The molecule has 0 aliphatic rings. The third-order valence-corrected chi connectivity index (χ3v) is 4.91. The summed E-state index contributed by atoms with van der Waals surface area (Å²) >= 11 is 0. The molecule has 0 spiro atoms. The van der Waals surface area contributed by atoms with Crippen LogP contribution in [0, 0.1) is 6.92 Å². The lowest BCUT2D eigenvalue weighted by Crippen LogP contribution is -2.16. The molecule has 0 fully saturated rings. The number of methoxy groups -OCH3 is 3. The first-order chi connectivity index (χ1) is 13.5. The van der Waals surface area contributed by atoms with E-state index in [9.17, 15) is 4.79 Å². The molecule has 3 rings (SSSR count). The number of amides is 1. The average Bonchev–Trinajstić information content (AvgIpc) is 3.10. The van der Waals surface area contributed by atoms with Crippen molar-refractivity contribution in [2.75, 3.05) is 26.6 Å². The largest absolute Gasteiger partial charge is 0.493 e. The smallest absolute Gasteiger partial charge is 0.228 e. The molecule has 0 unspecified atom stereocenters. The predicted octanol–water partition coefficient (Wildman–Crippen LogP) is 4.25. The lowest BCUT2D eigenvalue weighted by Gasteiger charge is -2.15. The van der Waals surface area contributed by atoms with Crippen molar-refractivity contribution in [3.05, 3.63) is 47.2 Å². The van der Waals surface area contributed by atoms with Gasteiger partial charge in [0.2, 0.25) is 11.7 Å². The van der Waals surface area contributed by atoms with Crippen LogP contribution in [0.25, 0.3) is 10.9 Å². The van der Waals surface area contributed by atoms with Crippen LogP contribution in [0.5, 0.6) is 17.2 Å². The summed E-state index contributed by atoms with van der Waals surface area (Å²) in [4.78, 5) is 16.0. The number of H-pyrrole nitrogens is 1. The molecule has 0 aliphatic heterocycles. The van der Waals surface area contributed by atoms with E-state index in [2.05, 4.69) is 17.2 Å². The van der Waals surface area contributed by atoms with Crippen molar-refractivity contribution < 1.29 is 19.0 Å². The van der Waals surface area contributed by atoms with Crippen molar-refractivity contribution in [1.82, 2.24) is 4.98 Å². The van der Waals surface area contributed by atoms with Gasteiger partial charge in [0.25, 0.3) is 0 Å². The van der Waals surface area contributed by atoms with Gasteiger partial charge in [-0.2, -0.15) is 0 Å². The molecule has 148 valence electrons. The Kier molecular flexibility index (Phi) is 5.78. The summed E-state index contributed by atoms with van der Waals surface area (Å²) < 4.78 is 16.5. The van der Waals surface area contributed by atoms with E-state index in [0.29, 0.717) is 17.2 Å². The van der Waals surface area contributed by atoms with Crippen LogP contribution < -0.4 is 19.5 Å². The summed E-state index contributed by atoms with van der Waals surface area (Å²) in [6, 6.07) is 7.89. The molecule has 1 heterocycles. The Balaban J connectivity index is 1.96. The molecule has 0 bridgehead atoms. The Hall–Kier alpha value is -3.15. The molecule has 2 N–H and O–H groups in total. The van der Waals surface area contributed by atoms with Crippen molar-refractivity contribution in [2.45, 2.75) is 26.7 Å². The first kappa shape index (κ1) is 19.6. The Labute approximate surface area is 164 Å². The fourth-order valence-electron chi connectivity index (χ4n) is 3.52. The Morgan fingerprint density at radius 1 is 1.07 bits per heavy atom. The Morgan fingerprint density at radius 3 is 2.46 bits per heavy atom. The molecule has 0 saturated heterocycles. The van der Waals surface area contributed by atoms with Crippen molar-refractivity contribution in [2.24, 2.45) is 0 Å². The number of ether oxygens (including phenoxy) is 3. The van der Waals surface area contributed by atoms with Crippen LogP contribution in [0.4, 0.5) is 5.69 Å². The van der Waals surface area contributed by atoms with E-state index in [0.717, 1.165) is 39.7 Å². The second-order valence-corrected chi connectivity index (χ2v) is 6.57. The lowest BCUT2D eigenvalue weighted by atomic mass is 10.0. The number of anilines is 1. The van der Waals surface area contributed by atoms with Crippen molar-refractivity contribution in [3.8, 4) is 17.2 Å². The van der Waals surface area contributed by atoms with E-state index < -0.39 is 0 Å². The zero-order valence-corrected chi connectivity index (χ0v) is 16.9. The zero-order chi connectivity index (χ0) is 20.3. The standard InChI is InChI=1S/C22H26N2O4/c1-6-14-9-7-8-13(2)20(14)24-18(25)10-15-12-23-16-11-17(26-3)21(27-4)22(28-5)19(15)16/h7-9,11-12,23H,6,10H2,1-5H3,(H,24,25). The third-order valence-electron chi connectivity index (χ3n) is 4.91. The van der Waals surface area contributed by atoms with E-state index in [-0.39, 0.29) is 12.3 Å². The number of aryl methyl sites for hydroxylation is 2. The van der Waals surface area contributed by atoms with E-state index in [1.54, 1.807) is 21.3 Å². The van der Waals surface area contributed by atoms with E-state index >= 15 is 0 Å². The highest BCUT2D eigenvalue weighted by molar-refractivity contribution is 6.00. The molecule has 28 heavy (non-hydrogen) atoms. The average molecular weight is 382 g/mol. The fraction of sp³-hybridized carbons (Fsp3) is 0.318. The monoisotopic (exact) mass is 382 g/mol. The Morgan fingerprint density at radius 2 is 1.82 bits per heavy atom. The second-order valence-electron chi connectivity index (χ2n) is 6.57. The maximum absolute atomic E-state index is 12.8. The van der Waals surface area contributed by atoms with Gasteiger partial charge in [-0.25, -0.2) is 0 Å². The van der Waals surface area contributed by atoms with Gasteiger partial charge in [0.05, 0.1) is 33.3 Å². The molecule has 2 aromatic carbocycles. The predicted molar refractivity (Wildman–Crippen MR) is 111 cm³/mol. The van der Waals surface area contributed by atoms with Gasteiger partial charge in [-0.15, -0.1) is 0 Å². The number of carbonyl (C=O) groups excluding carboxylic acids is 1. The quantitative estimate of drug-likeness (QED) is 0.641. The number of benzene rings is 2. The topological polar surface area (TPSA) is 72.6 Å². The van der Waals surface area contributed by atoms with Gasteiger partial charge in [-0.05, 0) is 30.0 Å². The van der Waals surface area contributed by atoms with E-state index in [1.165, 1.54) is 0 Å². The zero-order valence-electron chi connectivity index (χ0n) is 16.9. The van der Waals surface area contributed by atoms with Gasteiger partial charge >= 0.3 is 0 Å². The number of rotatable bonds is 7. The summed E-state index contributed by atoms with van der Waals surface area (Å²) in [5.74, 6) is 1.54. The molecule has 1 aromatic heterocycles. The number of para-hydroxylation sites is 1. The number of hydrogen-bond acceptors (Lipinski definition) is 4. The highest BCUT2D eigenvalue weighted by Gasteiger charge is 2.21. The number of aromatic nitrogens is 1. The molecule has 0 atom stereocenters. The number of nitrogens with one attached hydrogen (secondary N) is 2. The molecular weight excluding hydrogens is 356 g/mol. The van der Waals surface area contributed by atoms with Crippen LogP contribution in [0.15, 0.2) is 30.5 Å². The molecule has 1 amide bonds. The van der Waals surface area contributed by atoms with Gasteiger partial charge in [0.15, 0.2) is 11.5 Å². The molecule has 6 heteroatoms. The third kappa shape index (κ3) is 3.50. The van der Waals surface area contributed by atoms with Crippen molar-refractivity contribution in [3.63, 3.8) is 0 Å². The lowest BCUT2D eigenvalue weighted by molar-refractivity contribution is -0.115. The van der Waals surface area contributed by atoms with Crippen LogP contribution in [0.2, 0.25) is 0 Å². The Bertz CT molecular complexity index is 1010. The summed E-state index contributed by atoms with van der Waals surface area (Å²) in [7, 11) is 4.72. The van der Waals surface area contributed by atoms with Gasteiger partial charge in [-0.1, -0.05) is 25.1 Å². The van der Waals surface area contributed by atoms with Gasteiger partial charge in [-0.3, -0.25) is 4.79 Å².